The molecule has 20 heavy (non-hydrogen) atoms. The van der Waals surface area contributed by atoms with Gasteiger partial charge < -0.3 is 15.0 Å². The molecule has 0 bridgehead atoms. The Balaban J connectivity index is 1.71. The van der Waals surface area contributed by atoms with Gasteiger partial charge in [0, 0.05) is 30.8 Å². The second kappa shape index (κ2) is 5.00. The summed E-state index contributed by atoms with van der Waals surface area (Å²) in [7, 11) is 0. The van der Waals surface area contributed by atoms with Gasteiger partial charge in [-0.3, -0.25) is 4.79 Å². The fraction of sp³-hybridized carbons (Fsp3) is 0.333. The number of hydrogen-bond donors (Lipinski definition) is 2. The second-order valence-corrected chi connectivity index (χ2v) is 5.28. The summed E-state index contributed by atoms with van der Waals surface area (Å²) in [5.74, 6) is -0.00397. The van der Waals surface area contributed by atoms with Crippen LogP contribution >= 0.6 is 0 Å². The van der Waals surface area contributed by atoms with Crippen LogP contribution in [0.15, 0.2) is 30.7 Å². The Hall–Kier alpha value is -2.30. The van der Waals surface area contributed by atoms with Gasteiger partial charge in [-0.1, -0.05) is 6.07 Å². The zero-order valence-corrected chi connectivity index (χ0v) is 11.3. The van der Waals surface area contributed by atoms with Crippen LogP contribution in [-0.2, 0) is 17.8 Å². The predicted molar refractivity (Wildman–Crippen MR) is 75.5 cm³/mol. The summed E-state index contributed by atoms with van der Waals surface area (Å²) in [5, 5.41) is 12.6. The molecule has 1 aromatic heterocycles. The van der Waals surface area contributed by atoms with Gasteiger partial charge in [-0.25, -0.2) is 4.98 Å². The molecule has 2 N–H and O–H groups in total. The first kappa shape index (κ1) is 12.7. The smallest absolute Gasteiger partial charge is 0.228 e. The first-order chi connectivity index (χ1) is 9.63. The number of rotatable bonds is 2. The van der Waals surface area contributed by atoms with Crippen molar-refractivity contribution in [1.82, 2.24) is 9.55 Å². The van der Waals surface area contributed by atoms with Crippen molar-refractivity contribution in [3.05, 3.63) is 42.0 Å². The minimum absolute atomic E-state index is 0.0448. The lowest BCUT2D eigenvalue weighted by Crippen LogP contribution is -2.29. The number of phenolic OH excluding ortho intramolecular Hbond substituents is 1. The number of carbonyl (C=O) groups excluding carboxylic acids is 1. The van der Waals surface area contributed by atoms with Gasteiger partial charge >= 0.3 is 0 Å². The highest BCUT2D eigenvalue weighted by atomic mass is 16.3. The topological polar surface area (TPSA) is 67.2 Å². The standard InChI is InChI=1S/C15H17N3O2/c1-10-2-3-13(14(19)6-10)17-15(20)11-4-5-18-9-16-8-12(18)7-11/h2-3,6,8-9,11,19H,4-5,7H2,1H3,(H,17,20). The number of amides is 1. The molecule has 104 valence electrons. The molecule has 0 spiro atoms. The van der Waals surface area contributed by atoms with E-state index in [1.165, 1.54) is 0 Å². The summed E-state index contributed by atoms with van der Waals surface area (Å²) < 4.78 is 2.08. The zero-order chi connectivity index (χ0) is 14.1. The Labute approximate surface area is 117 Å². The van der Waals surface area contributed by atoms with E-state index in [0.717, 1.165) is 24.2 Å². The number of anilines is 1. The molecule has 5 heteroatoms. The van der Waals surface area contributed by atoms with Gasteiger partial charge in [0.2, 0.25) is 5.91 Å². The third kappa shape index (κ3) is 2.39. The highest BCUT2D eigenvalue weighted by Crippen LogP contribution is 2.26. The molecule has 0 saturated carbocycles. The average molecular weight is 271 g/mol. The molecule has 0 radical (unpaired) electrons. The molecule has 5 nitrogen and oxygen atoms in total. The Bertz CT molecular complexity index is 648. The van der Waals surface area contributed by atoms with Crippen molar-refractivity contribution < 1.29 is 9.90 Å². The van der Waals surface area contributed by atoms with Crippen molar-refractivity contribution in [2.75, 3.05) is 5.32 Å². The number of phenols is 1. The van der Waals surface area contributed by atoms with E-state index in [4.69, 9.17) is 0 Å². The van der Waals surface area contributed by atoms with E-state index in [9.17, 15) is 9.90 Å². The van der Waals surface area contributed by atoms with E-state index >= 15 is 0 Å². The lowest BCUT2D eigenvalue weighted by atomic mass is 9.95. The highest BCUT2D eigenvalue weighted by Gasteiger charge is 2.25. The lowest BCUT2D eigenvalue weighted by Gasteiger charge is -2.23. The third-order valence-electron chi connectivity index (χ3n) is 3.75. The largest absolute Gasteiger partial charge is 0.506 e. The van der Waals surface area contributed by atoms with Crippen LogP contribution in [0.3, 0.4) is 0 Å². The van der Waals surface area contributed by atoms with Crippen LogP contribution in [0.25, 0.3) is 0 Å². The summed E-state index contributed by atoms with van der Waals surface area (Å²) in [6, 6.07) is 5.24. The Kier molecular flexibility index (Phi) is 3.18. The number of aromatic hydroxyl groups is 1. The normalized spacial score (nSPS) is 17.6. The van der Waals surface area contributed by atoms with Crippen molar-refractivity contribution in [3.63, 3.8) is 0 Å². The highest BCUT2D eigenvalue weighted by molar-refractivity contribution is 5.94. The van der Waals surface area contributed by atoms with Crippen LogP contribution in [0.4, 0.5) is 5.69 Å². The number of hydrogen-bond acceptors (Lipinski definition) is 3. The maximum atomic E-state index is 12.3. The van der Waals surface area contributed by atoms with Gasteiger partial charge in [-0.15, -0.1) is 0 Å². The zero-order valence-electron chi connectivity index (χ0n) is 11.3. The second-order valence-electron chi connectivity index (χ2n) is 5.28. The molecule has 1 amide bonds. The number of fused-ring (bicyclic) bond motifs is 1. The Morgan fingerprint density at radius 2 is 2.35 bits per heavy atom. The molecule has 1 aromatic carbocycles. The van der Waals surface area contributed by atoms with E-state index in [2.05, 4.69) is 14.9 Å². The van der Waals surface area contributed by atoms with Crippen LogP contribution in [0.5, 0.6) is 5.75 Å². The molecule has 2 aromatic rings. The molecule has 1 unspecified atom stereocenters. The average Bonchev–Trinajstić information content (AvgIpc) is 2.89. The van der Waals surface area contributed by atoms with E-state index in [0.29, 0.717) is 12.1 Å². The van der Waals surface area contributed by atoms with E-state index in [-0.39, 0.29) is 17.6 Å². The van der Waals surface area contributed by atoms with Crippen LogP contribution in [-0.4, -0.2) is 20.6 Å². The first-order valence-electron chi connectivity index (χ1n) is 6.73. The molecule has 0 fully saturated rings. The number of benzene rings is 1. The van der Waals surface area contributed by atoms with E-state index < -0.39 is 0 Å². The number of aromatic nitrogens is 2. The number of carbonyl (C=O) groups is 1. The maximum absolute atomic E-state index is 12.3. The van der Waals surface area contributed by atoms with Crippen molar-refractivity contribution in [2.45, 2.75) is 26.3 Å². The van der Waals surface area contributed by atoms with Gasteiger partial charge in [-0.05, 0) is 31.0 Å². The van der Waals surface area contributed by atoms with Crippen molar-refractivity contribution in [2.24, 2.45) is 5.92 Å². The fourth-order valence-electron chi connectivity index (χ4n) is 2.57. The van der Waals surface area contributed by atoms with E-state index in [1.54, 1.807) is 18.5 Å². The van der Waals surface area contributed by atoms with Crippen LogP contribution < -0.4 is 5.32 Å². The minimum atomic E-state index is -0.0695. The number of aryl methyl sites for hydroxylation is 2. The maximum Gasteiger partial charge on any atom is 0.228 e. The Morgan fingerprint density at radius 3 is 3.15 bits per heavy atom. The molecular weight excluding hydrogens is 254 g/mol. The molecule has 1 atom stereocenters. The molecular formula is C15H17N3O2. The quantitative estimate of drug-likeness (QED) is 0.822. The number of nitrogens with one attached hydrogen (secondary N) is 1. The third-order valence-corrected chi connectivity index (χ3v) is 3.75. The van der Waals surface area contributed by atoms with Gasteiger partial charge in [0.15, 0.2) is 0 Å². The summed E-state index contributed by atoms with van der Waals surface area (Å²) in [6.45, 7) is 2.71. The molecule has 1 aliphatic rings. The summed E-state index contributed by atoms with van der Waals surface area (Å²) >= 11 is 0. The first-order valence-corrected chi connectivity index (χ1v) is 6.73. The molecule has 1 aliphatic heterocycles. The van der Waals surface area contributed by atoms with Crippen molar-refractivity contribution in [1.29, 1.82) is 0 Å². The van der Waals surface area contributed by atoms with Crippen LogP contribution in [0, 0.1) is 12.8 Å². The van der Waals surface area contributed by atoms with Crippen LogP contribution in [0.2, 0.25) is 0 Å². The van der Waals surface area contributed by atoms with Gasteiger partial charge in [0.25, 0.3) is 0 Å². The van der Waals surface area contributed by atoms with Crippen molar-refractivity contribution >= 4 is 11.6 Å². The monoisotopic (exact) mass is 271 g/mol. The van der Waals surface area contributed by atoms with Gasteiger partial charge in [0.05, 0.1) is 12.0 Å². The van der Waals surface area contributed by atoms with E-state index in [1.807, 2.05) is 19.2 Å². The summed E-state index contributed by atoms with van der Waals surface area (Å²) in [6.07, 6.45) is 5.10. The molecule has 3 rings (SSSR count). The summed E-state index contributed by atoms with van der Waals surface area (Å²) in [4.78, 5) is 16.4. The van der Waals surface area contributed by atoms with Crippen LogP contribution in [0.1, 0.15) is 17.7 Å². The fourth-order valence-corrected chi connectivity index (χ4v) is 2.57. The Morgan fingerprint density at radius 1 is 1.50 bits per heavy atom. The van der Waals surface area contributed by atoms with Crippen molar-refractivity contribution in [3.8, 4) is 5.75 Å². The number of imidazole rings is 1. The molecule has 2 heterocycles. The lowest BCUT2D eigenvalue weighted by molar-refractivity contribution is -0.120. The minimum Gasteiger partial charge on any atom is -0.506 e. The SMILES string of the molecule is Cc1ccc(NC(=O)C2CCn3cncc3C2)c(O)c1. The molecule has 0 saturated heterocycles. The summed E-state index contributed by atoms with van der Waals surface area (Å²) in [5.41, 5.74) is 2.52. The number of nitrogens with zero attached hydrogens (tertiary/aromatic N) is 2. The predicted octanol–water partition coefficient (Wildman–Crippen LogP) is 2.10. The van der Waals surface area contributed by atoms with Gasteiger partial charge in [-0.2, -0.15) is 0 Å². The molecule has 0 aliphatic carbocycles. The van der Waals surface area contributed by atoms with Gasteiger partial charge in [0.1, 0.15) is 5.75 Å².